The summed E-state index contributed by atoms with van der Waals surface area (Å²) in [6.07, 6.45) is 0. The minimum atomic E-state index is -0.606. The minimum Gasteiger partial charge on any atom is -0.507 e. The van der Waals surface area contributed by atoms with Crippen molar-refractivity contribution in [3.63, 3.8) is 0 Å². The summed E-state index contributed by atoms with van der Waals surface area (Å²) in [6, 6.07) is 10.6. The lowest BCUT2D eigenvalue weighted by atomic mass is 9.99. The van der Waals surface area contributed by atoms with E-state index in [0.29, 0.717) is 12.1 Å². The van der Waals surface area contributed by atoms with Crippen LogP contribution in [0, 0.1) is 6.92 Å². The first-order valence-corrected chi connectivity index (χ1v) is 10.6. The van der Waals surface area contributed by atoms with E-state index < -0.39 is 17.7 Å². The molecule has 2 N–H and O–H groups in total. The van der Waals surface area contributed by atoms with Crippen LogP contribution >= 0.6 is 11.3 Å². The third kappa shape index (κ3) is 3.88. The number of rotatable bonds is 7. The third-order valence-electron chi connectivity index (χ3n) is 5.38. The predicted molar refractivity (Wildman–Crippen MR) is 111 cm³/mol. The van der Waals surface area contributed by atoms with Crippen molar-refractivity contribution in [3.05, 3.63) is 63.4 Å². The lowest BCUT2D eigenvalue weighted by molar-refractivity contribution is -0.895. The zero-order valence-corrected chi connectivity index (χ0v) is 17.4. The van der Waals surface area contributed by atoms with E-state index in [1.54, 1.807) is 17.0 Å². The molecule has 28 heavy (non-hydrogen) atoms. The maximum Gasteiger partial charge on any atom is 0.295 e. The number of aliphatic hydroxyl groups excluding tert-OH is 1. The van der Waals surface area contributed by atoms with E-state index in [-0.39, 0.29) is 11.3 Å². The Morgan fingerprint density at radius 3 is 2.39 bits per heavy atom. The molecule has 0 unspecified atom stereocenters. The number of likely N-dealkylation sites (tertiary alicyclic amines) is 1. The molecule has 1 atom stereocenters. The summed E-state index contributed by atoms with van der Waals surface area (Å²) in [4.78, 5) is 29.6. The van der Waals surface area contributed by atoms with Crippen LogP contribution in [0.2, 0.25) is 0 Å². The van der Waals surface area contributed by atoms with Gasteiger partial charge in [-0.2, -0.15) is 0 Å². The maximum atomic E-state index is 12.9. The van der Waals surface area contributed by atoms with Crippen LogP contribution in [0.3, 0.4) is 0 Å². The number of nitrogens with one attached hydrogen (secondary N) is 1. The Morgan fingerprint density at radius 2 is 1.82 bits per heavy atom. The van der Waals surface area contributed by atoms with Crippen LogP contribution < -0.4 is 4.90 Å². The van der Waals surface area contributed by atoms with Gasteiger partial charge in [0.15, 0.2) is 0 Å². The number of nitrogens with zero attached hydrogens (tertiary/aromatic N) is 1. The molecular weight excluding hydrogens is 372 g/mol. The molecule has 1 fully saturated rings. The number of carbonyl (C=O) groups excluding carboxylic acids is 2. The van der Waals surface area contributed by atoms with Gasteiger partial charge in [0.05, 0.1) is 37.8 Å². The largest absolute Gasteiger partial charge is 0.507 e. The first kappa shape index (κ1) is 20.3. The highest BCUT2D eigenvalue weighted by Crippen LogP contribution is 2.40. The Morgan fingerprint density at radius 1 is 1.14 bits per heavy atom. The van der Waals surface area contributed by atoms with E-state index >= 15 is 0 Å². The van der Waals surface area contributed by atoms with Crippen molar-refractivity contribution in [3.8, 4) is 0 Å². The molecule has 0 aliphatic carbocycles. The summed E-state index contributed by atoms with van der Waals surface area (Å²) in [5, 5.41) is 12.9. The Balaban J connectivity index is 2.03. The second-order valence-corrected chi connectivity index (χ2v) is 8.06. The van der Waals surface area contributed by atoms with Gasteiger partial charge in [-0.15, -0.1) is 11.3 Å². The van der Waals surface area contributed by atoms with E-state index in [2.05, 4.69) is 13.8 Å². The molecule has 148 valence electrons. The SMILES string of the molecule is CC[NH+](CC)CCN1C(=O)C(=O)C(=C(O)c2ccc(C)cc2)[C@H]1c1cccs1. The van der Waals surface area contributed by atoms with Crippen molar-refractivity contribution in [2.45, 2.75) is 26.8 Å². The van der Waals surface area contributed by atoms with Crippen LogP contribution in [0.5, 0.6) is 0 Å². The molecule has 0 radical (unpaired) electrons. The fraction of sp³-hybridized carbons (Fsp3) is 0.364. The molecule has 1 saturated heterocycles. The summed E-state index contributed by atoms with van der Waals surface area (Å²) < 4.78 is 0. The summed E-state index contributed by atoms with van der Waals surface area (Å²) in [6.45, 7) is 9.37. The molecule has 2 aromatic rings. The zero-order chi connectivity index (χ0) is 20.3. The molecular formula is C22H27N2O3S+. The van der Waals surface area contributed by atoms with Crippen molar-refractivity contribution in [2.75, 3.05) is 26.2 Å². The highest BCUT2D eigenvalue weighted by atomic mass is 32.1. The van der Waals surface area contributed by atoms with Gasteiger partial charge in [0.2, 0.25) is 0 Å². The molecule has 1 aromatic heterocycles. The fourth-order valence-corrected chi connectivity index (χ4v) is 4.45. The summed E-state index contributed by atoms with van der Waals surface area (Å²) in [5.74, 6) is -1.24. The van der Waals surface area contributed by atoms with E-state index in [4.69, 9.17) is 0 Å². The number of thiophene rings is 1. The van der Waals surface area contributed by atoms with Gasteiger partial charge in [-0.3, -0.25) is 9.59 Å². The fourth-order valence-electron chi connectivity index (χ4n) is 3.60. The van der Waals surface area contributed by atoms with E-state index in [1.807, 2.05) is 36.6 Å². The van der Waals surface area contributed by atoms with E-state index in [9.17, 15) is 14.7 Å². The molecule has 6 heteroatoms. The molecule has 0 saturated carbocycles. The summed E-state index contributed by atoms with van der Waals surface area (Å²) in [5.41, 5.74) is 1.80. The first-order valence-electron chi connectivity index (χ1n) is 9.70. The minimum absolute atomic E-state index is 0.102. The number of ketones is 1. The predicted octanol–water partition coefficient (Wildman–Crippen LogP) is 2.40. The van der Waals surface area contributed by atoms with E-state index in [1.165, 1.54) is 16.2 Å². The highest BCUT2D eigenvalue weighted by molar-refractivity contribution is 7.10. The van der Waals surface area contributed by atoms with Crippen LogP contribution in [0.25, 0.3) is 5.76 Å². The molecule has 1 aliphatic heterocycles. The molecule has 0 bridgehead atoms. The number of carbonyl (C=O) groups is 2. The van der Waals surface area contributed by atoms with Crippen molar-refractivity contribution < 1.29 is 19.6 Å². The molecule has 3 rings (SSSR count). The number of Topliss-reactive ketones (excluding diaryl/α,β-unsaturated/α-hetero) is 1. The second-order valence-electron chi connectivity index (χ2n) is 7.08. The van der Waals surface area contributed by atoms with Gasteiger partial charge in [0.25, 0.3) is 11.7 Å². The number of aliphatic hydroxyl groups is 1. The van der Waals surface area contributed by atoms with Crippen LogP contribution in [-0.4, -0.2) is 47.9 Å². The second kappa shape index (κ2) is 8.71. The lowest BCUT2D eigenvalue weighted by Crippen LogP contribution is -3.12. The average molecular weight is 400 g/mol. The number of aryl methyl sites for hydroxylation is 1. The Labute approximate surface area is 169 Å². The van der Waals surface area contributed by atoms with E-state index in [0.717, 1.165) is 30.1 Å². The zero-order valence-electron chi connectivity index (χ0n) is 16.6. The Kier molecular flexibility index (Phi) is 6.31. The maximum absolute atomic E-state index is 12.9. The third-order valence-corrected chi connectivity index (χ3v) is 6.31. The molecule has 2 heterocycles. The van der Waals surface area contributed by atoms with Gasteiger partial charge in [-0.25, -0.2) is 0 Å². The molecule has 5 nitrogen and oxygen atoms in total. The molecule has 1 aromatic carbocycles. The Bertz CT molecular complexity index is 868. The quantitative estimate of drug-likeness (QED) is 0.427. The summed E-state index contributed by atoms with van der Waals surface area (Å²) >= 11 is 1.49. The number of quaternary nitrogens is 1. The number of hydrogen-bond donors (Lipinski definition) is 2. The van der Waals surface area contributed by atoms with Crippen molar-refractivity contribution in [2.24, 2.45) is 0 Å². The number of hydrogen-bond acceptors (Lipinski definition) is 4. The number of benzene rings is 1. The average Bonchev–Trinajstić information content (AvgIpc) is 3.31. The van der Waals surface area contributed by atoms with Gasteiger partial charge in [-0.1, -0.05) is 35.9 Å². The monoisotopic (exact) mass is 399 g/mol. The Hall–Kier alpha value is -2.44. The van der Waals surface area contributed by atoms with Gasteiger partial charge in [0, 0.05) is 10.4 Å². The smallest absolute Gasteiger partial charge is 0.295 e. The van der Waals surface area contributed by atoms with Gasteiger partial charge >= 0.3 is 0 Å². The summed E-state index contributed by atoms with van der Waals surface area (Å²) in [7, 11) is 0. The van der Waals surface area contributed by atoms with Crippen LogP contribution in [-0.2, 0) is 9.59 Å². The van der Waals surface area contributed by atoms with Gasteiger partial charge in [0.1, 0.15) is 5.76 Å². The number of likely N-dealkylation sites (N-methyl/N-ethyl adjacent to an activating group) is 1. The van der Waals surface area contributed by atoms with Crippen LogP contribution in [0.1, 0.15) is 35.9 Å². The van der Waals surface area contributed by atoms with Gasteiger partial charge < -0.3 is 14.9 Å². The molecule has 1 amide bonds. The lowest BCUT2D eigenvalue weighted by Gasteiger charge is -2.25. The molecule has 0 spiro atoms. The van der Waals surface area contributed by atoms with Gasteiger partial charge in [-0.05, 0) is 32.2 Å². The van der Waals surface area contributed by atoms with Crippen LogP contribution in [0.15, 0.2) is 47.4 Å². The van der Waals surface area contributed by atoms with Crippen molar-refractivity contribution in [1.82, 2.24) is 4.90 Å². The highest BCUT2D eigenvalue weighted by Gasteiger charge is 2.46. The number of amides is 1. The van der Waals surface area contributed by atoms with Crippen molar-refractivity contribution >= 4 is 28.8 Å². The first-order chi connectivity index (χ1) is 13.5. The molecule has 1 aliphatic rings. The van der Waals surface area contributed by atoms with Crippen LogP contribution in [0.4, 0.5) is 0 Å². The topological polar surface area (TPSA) is 62.0 Å². The standard InChI is InChI=1S/C22H26N2O3S/c1-4-23(5-2)12-13-24-19(17-7-6-14-28-17)18(21(26)22(24)27)20(25)16-10-8-15(3)9-11-16/h6-11,14,19,25H,4-5,12-13H2,1-3H3/p+1/t19-/m1/s1. The van der Waals surface area contributed by atoms with Crippen molar-refractivity contribution in [1.29, 1.82) is 0 Å². The normalized spacial score (nSPS) is 19.0.